The normalized spacial score (nSPS) is 17.5. The highest BCUT2D eigenvalue weighted by Gasteiger charge is 2.28. The quantitative estimate of drug-likeness (QED) is 0.913. The van der Waals surface area contributed by atoms with Gasteiger partial charge in [-0.2, -0.15) is 5.10 Å². The highest BCUT2D eigenvalue weighted by Crippen LogP contribution is 2.22. The second-order valence-corrected chi connectivity index (χ2v) is 5.71. The maximum Gasteiger partial charge on any atom is 0.335 e. The summed E-state index contributed by atoms with van der Waals surface area (Å²) in [6.45, 7) is 0. The molecule has 2 aromatic rings. The first kappa shape index (κ1) is 15.3. The van der Waals surface area contributed by atoms with Gasteiger partial charge in [0.25, 0.3) is 0 Å². The van der Waals surface area contributed by atoms with Crippen LogP contribution in [0.2, 0.25) is 5.02 Å². The van der Waals surface area contributed by atoms with Gasteiger partial charge in [-0.1, -0.05) is 66.2 Å². The van der Waals surface area contributed by atoms with Crippen molar-refractivity contribution in [2.45, 2.75) is 12.5 Å². The number of rotatable bonds is 3. The third-order valence-electron chi connectivity index (χ3n) is 3.66. The zero-order valence-corrected chi connectivity index (χ0v) is 13.1. The SMILES string of the molecule is NC(=O)N1N=C(c2ccc(Cl)cc2)CC1/C=C/c1ccccc1. The Hall–Kier alpha value is -2.59. The second-order valence-electron chi connectivity index (χ2n) is 5.28. The summed E-state index contributed by atoms with van der Waals surface area (Å²) in [6, 6.07) is 16.6. The molecule has 4 nitrogen and oxygen atoms in total. The van der Waals surface area contributed by atoms with Crippen molar-refractivity contribution in [2.75, 3.05) is 0 Å². The van der Waals surface area contributed by atoms with Crippen LogP contribution in [0.15, 0.2) is 65.8 Å². The summed E-state index contributed by atoms with van der Waals surface area (Å²) in [5, 5.41) is 6.35. The summed E-state index contributed by atoms with van der Waals surface area (Å²) in [5.74, 6) is 0. The molecule has 0 radical (unpaired) electrons. The molecule has 0 spiro atoms. The minimum Gasteiger partial charge on any atom is -0.350 e. The molecule has 2 N–H and O–H groups in total. The smallest absolute Gasteiger partial charge is 0.335 e. The first-order valence-electron chi connectivity index (χ1n) is 7.29. The van der Waals surface area contributed by atoms with Gasteiger partial charge in [-0.15, -0.1) is 0 Å². The number of halogens is 1. The molecular weight excluding hydrogens is 310 g/mol. The second kappa shape index (κ2) is 6.67. The van der Waals surface area contributed by atoms with E-state index in [1.165, 1.54) is 5.01 Å². The molecule has 2 amide bonds. The van der Waals surface area contributed by atoms with Crippen LogP contribution in [0.1, 0.15) is 17.5 Å². The van der Waals surface area contributed by atoms with Crippen LogP contribution in [0.3, 0.4) is 0 Å². The first-order chi connectivity index (χ1) is 11.1. The molecule has 0 aromatic heterocycles. The standard InChI is InChI=1S/C18H16ClN3O/c19-15-9-7-14(8-10-15)17-12-16(22(21-17)18(20)23)11-6-13-4-2-1-3-5-13/h1-11,16H,12H2,(H2,20,23)/b11-6+. The molecule has 1 unspecified atom stereocenters. The lowest BCUT2D eigenvalue weighted by atomic mass is 10.0. The Labute approximate surface area is 139 Å². The molecule has 0 saturated heterocycles. The van der Waals surface area contributed by atoms with E-state index in [9.17, 15) is 4.79 Å². The van der Waals surface area contributed by atoms with Crippen LogP contribution in [-0.4, -0.2) is 22.8 Å². The minimum atomic E-state index is -0.559. The van der Waals surface area contributed by atoms with Gasteiger partial charge < -0.3 is 5.73 Å². The summed E-state index contributed by atoms with van der Waals surface area (Å²) < 4.78 is 0. The molecule has 1 aliphatic heterocycles. The van der Waals surface area contributed by atoms with Crippen molar-refractivity contribution >= 4 is 29.4 Å². The zero-order chi connectivity index (χ0) is 16.2. The monoisotopic (exact) mass is 325 g/mol. The lowest BCUT2D eigenvalue weighted by Crippen LogP contribution is -2.35. The number of amides is 2. The molecule has 0 saturated carbocycles. The van der Waals surface area contributed by atoms with Crippen LogP contribution in [0.25, 0.3) is 6.08 Å². The third-order valence-corrected chi connectivity index (χ3v) is 3.91. The average molecular weight is 326 g/mol. The first-order valence-corrected chi connectivity index (χ1v) is 7.66. The summed E-state index contributed by atoms with van der Waals surface area (Å²) in [6.07, 6.45) is 4.54. The summed E-state index contributed by atoms with van der Waals surface area (Å²) >= 11 is 5.91. The fourth-order valence-electron chi connectivity index (χ4n) is 2.50. The fraction of sp³-hybridized carbons (Fsp3) is 0.111. The summed E-state index contributed by atoms with van der Waals surface area (Å²) in [4.78, 5) is 11.6. The Morgan fingerprint density at radius 1 is 1.17 bits per heavy atom. The van der Waals surface area contributed by atoms with Gasteiger partial charge in [-0.25, -0.2) is 9.80 Å². The number of nitrogens with zero attached hydrogens (tertiary/aromatic N) is 2. The van der Waals surface area contributed by atoms with Crippen molar-refractivity contribution < 1.29 is 4.79 Å². The van der Waals surface area contributed by atoms with Gasteiger partial charge >= 0.3 is 6.03 Å². The van der Waals surface area contributed by atoms with Gasteiger partial charge in [0.1, 0.15) is 0 Å². The van der Waals surface area contributed by atoms with E-state index in [2.05, 4.69) is 5.10 Å². The van der Waals surface area contributed by atoms with E-state index in [0.717, 1.165) is 16.8 Å². The lowest BCUT2D eigenvalue weighted by Gasteiger charge is -2.15. The van der Waals surface area contributed by atoms with Gasteiger partial charge in [0.05, 0.1) is 11.8 Å². The van der Waals surface area contributed by atoms with Gasteiger partial charge in [0.2, 0.25) is 0 Å². The molecule has 1 aliphatic rings. The molecule has 116 valence electrons. The van der Waals surface area contributed by atoms with Crippen molar-refractivity contribution in [1.82, 2.24) is 5.01 Å². The molecule has 1 atom stereocenters. The van der Waals surface area contributed by atoms with E-state index in [-0.39, 0.29) is 6.04 Å². The molecule has 3 rings (SSSR count). The van der Waals surface area contributed by atoms with Crippen LogP contribution in [-0.2, 0) is 0 Å². The van der Waals surface area contributed by atoms with E-state index < -0.39 is 6.03 Å². The zero-order valence-electron chi connectivity index (χ0n) is 12.4. The van der Waals surface area contributed by atoms with E-state index >= 15 is 0 Å². The van der Waals surface area contributed by atoms with E-state index in [0.29, 0.717) is 11.4 Å². The highest BCUT2D eigenvalue weighted by atomic mass is 35.5. The fourth-order valence-corrected chi connectivity index (χ4v) is 2.62. The minimum absolute atomic E-state index is 0.182. The number of urea groups is 1. The number of benzene rings is 2. The number of nitrogens with two attached hydrogens (primary N) is 1. The molecule has 0 bridgehead atoms. The van der Waals surface area contributed by atoms with E-state index in [1.54, 1.807) is 12.1 Å². The van der Waals surface area contributed by atoms with Crippen LogP contribution in [0.4, 0.5) is 4.79 Å². The molecule has 2 aromatic carbocycles. The molecule has 1 heterocycles. The molecule has 0 fully saturated rings. The Morgan fingerprint density at radius 2 is 1.87 bits per heavy atom. The van der Waals surface area contributed by atoms with Crippen molar-refractivity contribution in [3.8, 4) is 0 Å². The van der Waals surface area contributed by atoms with Gasteiger partial charge in [-0.05, 0) is 23.3 Å². The van der Waals surface area contributed by atoms with Gasteiger partial charge in [0.15, 0.2) is 0 Å². The third kappa shape index (κ3) is 3.60. The van der Waals surface area contributed by atoms with E-state index in [1.807, 2.05) is 54.6 Å². The maximum atomic E-state index is 11.6. The molecule has 0 aliphatic carbocycles. The number of hydrazone groups is 1. The Kier molecular flexibility index (Phi) is 4.44. The number of carbonyl (C=O) groups is 1. The van der Waals surface area contributed by atoms with Crippen LogP contribution in [0, 0.1) is 0 Å². The van der Waals surface area contributed by atoms with Gasteiger partial charge in [0, 0.05) is 11.4 Å². The number of carbonyl (C=O) groups excluding carboxylic acids is 1. The van der Waals surface area contributed by atoms with Crippen LogP contribution >= 0.6 is 11.6 Å². The largest absolute Gasteiger partial charge is 0.350 e. The predicted octanol–water partition coefficient (Wildman–Crippen LogP) is 3.91. The maximum absolute atomic E-state index is 11.6. The van der Waals surface area contributed by atoms with Gasteiger partial charge in [-0.3, -0.25) is 0 Å². The van der Waals surface area contributed by atoms with Crippen LogP contribution < -0.4 is 5.73 Å². The summed E-state index contributed by atoms with van der Waals surface area (Å²) in [7, 11) is 0. The Morgan fingerprint density at radius 3 is 2.52 bits per heavy atom. The highest BCUT2D eigenvalue weighted by molar-refractivity contribution is 6.30. The number of hydrogen-bond donors (Lipinski definition) is 1. The lowest BCUT2D eigenvalue weighted by molar-refractivity contribution is 0.205. The van der Waals surface area contributed by atoms with Crippen molar-refractivity contribution in [3.05, 3.63) is 76.8 Å². The molecular formula is C18H16ClN3O. The molecule has 23 heavy (non-hydrogen) atoms. The Balaban J connectivity index is 1.81. The summed E-state index contributed by atoms with van der Waals surface area (Å²) in [5.41, 5.74) is 8.28. The predicted molar refractivity (Wildman–Crippen MR) is 93.3 cm³/mol. The topological polar surface area (TPSA) is 58.7 Å². The Bertz CT molecular complexity index is 754. The van der Waals surface area contributed by atoms with Crippen molar-refractivity contribution in [1.29, 1.82) is 0 Å². The van der Waals surface area contributed by atoms with E-state index in [4.69, 9.17) is 17.3 Å². The van der Waals surface area contributed by atoms with Crippen molar-refractivity contribution in [2.24, 2.45) is 10.8 Å². The van der Waals surface area contributed by atoms with Crippen LogP contribution in [0.5, 0.6) is 0 Å². The average Bonchev–Trinajstić information content (AvgIpc) is 2.99. The van der Waals surface area contributed by atoms with Crippen molar-refractivity contribution in [3.63, 3.8) is 0 Å². The number of primary amides is 1. The number of hydrogen-bond acceptors (Lipinski definition) is 2. The molecule has 5 heteroatoms.